The van der Waals surface area contributed by atoms with Gasteiger partial charge in [0.1, 0.15) is 12.1 Å². The molecule has 1 aliphatic heterocycles. The summed E-state index contributed by atoms with van der Waals surface area (Å²) in [5.74, 6) is -0.0681. The van der Waals surface area contributed by atoms with E-state index in [1.807, 2.05) is 0 Å². The summed E-state index contributed by atoms with van der Waals surface area (Å²) in [6.07, 6.45) is -3.00. The predicted molar refractivity (Wildman–Crippen MR) is 71.0 cm³/mol. The van der Waals surface area contributed by atoms with Crippen LogP contribution in [0.1, 0.15) is 12.1 Å². The molecular weight excluding hydrogens is 323 g/mol. The van der Waals surface area contributed by atoms with Crippen LogP contribution in [-0.2, 0) is 16.0 Å². The van der Waals surface area contributed by atoms with E-state index in [4.69, 9.17) is 0 Å². The van der Waals surface area contributed by atoms with Crippen LogP contribution in [-0.4, -0.2) is 46.1 Å². The molecule has 3 rings (SSSR count). The van der Waals surface area contributed by atoms with E-state index >= 15 is 0 Å². The zero-order valence-corrected chi connectivity index (χ0v) is 12.0. The van der Waals surface area contributed by atoms with E-state index in [1.165, 1.54) is 0 Å². The highest BCUT2D eigenvalue weighted by Gasteiger charge is 2.34. The summed E-state index contributed by atoms with van der Waals surface area (Å²) in [5, 5.41) is 6.63. The number of nitrogens with zero attached hydrogens (tertiary/aromatic N) is 4. The topological polar surface area (TPSA) is 89.2 Å². The van der Waals surface area contributed by atoms with Crippen LogP contribution < -0.4 is 5.32 Å². The minimum Gasteiger partial charge on any atom is -0.370 e. The molecule has 2 aromatic heterocycles. The Morgan fingerprint density at radius 3 is 2.82 bits per heavy atom. The normalized spacial score (nSPS) is 21.3. The number of alkyl halides is 3. The number of hydrogen-bond donors (Lipinski definition) is 1. The molecule has 1 fully saturated rings. The standard InChI is InChI=1S/C11H12F3N5O2S/c12-11(13,14)8-3-9(19-10(18-8)16-6-17-19)15-4-7-1-2-22(20,21)5-7/h3,6-7,15H,1-2,4-5H2. The van der Waals surface area contributed by atoms with Gasteiger partial charge >= 0.3 is 6.18 Å². The van der Waals surface area contributed by atoms with Gasteiger partial charge in [-0.05, 0) is 12.3 Å². The Labute approximate surface area is 123 Å². The molecule has 0 saturated carbocycles. The van der Waals surface area contributed by atoms with Crippen molar-refractivity contribution in [2.24, 2.45) is 5.92 Å². The van der Waals surface area contributed by atoms with Crippen LogP contribution in [0.4, 0.5) is 19.0 Å². The van der Waals surface area contributed by atoms with Gasteiger partial charge in [0.2, 0.25) is 0 Å². The van der Waals surface area contributed by atoms with Crippen LogP contribution in [0, 0.1) is 5.92 Å². The first-order chi connectivity index (χ1) is 10.2. The van der Waals surface area contributed by atoms with Crippen LogP contribution in [0.25, 0.3) is 5.78 Å². The van der Waals surface area contributed by atoms with Crippen molar-refractivity contribution in [3.63, 3.8) is 0 Å². The maximum Gasteiger partial charge on any atom is 0.433 e. The number of nitrogens with one attached hydrogen (secondary N) is 1. The molecule has 0 aliphatic carbocycles. The van der Waals surface area contributed by atoms with E-state index in [0.717, 1.165) is 16.9 Å². The molecule has 1 saturated heterocycles. The van der Waals surface area contributed by atoms with Crippen LogP contribution in [0.3, 0.4) is 0 Å². The van der Waals surface area contributed by atoms with Gasteiger partial charge in [-0.3, -0.25) is 0 Å². The van der Waals surface area contributed by atoms with Crippen molar-refractivity contribution >= 4 is 21.4 Å². The molecule has 1 atom stereocenters. The lowest BCUT2D eigenvalue weighted by Crippen LogP contribution is -2.19. The number of rotatable bonds is 3. The lowest BCUT2D eigenvalue weighted by Gasteiger charge is -2.13. The zero-order valence-electron chi connectivity index (χ0n) is 11.2. The van der Waals surface area contributed by atoms with E-state index in [1.54, 1.807) is 0 Å². The predicted octanol–water partition coefficient (Wildman–Crippen LogP) is 0.990. The van der Waals surface area contributed by atoms with Crippen LogP contribution in [0.2, 0.25) is 0 Å². The average molecular weight is 335 g/mol. The summed E-state index contributed by atoms with van der Waals surface area (Å²) in [6.45, 7) is 0.246. The summed E-state index contributed by atoms with van der Waals surface area (Å²) in [7, 11) is -3.03. The van der Waals surface area contributed by atoms with Crippen molar-refractivity contribution in [3.8, 4) is 0 Å². The van der Waals surface area contributed by atoms with Crippen molar-refractivity contribution in [1.82, 2.24) is 19.6 Å². The number of aromatic nitrogens is 4. The van der Waals surface area contributed by atoms with Gasteiger partial charge in [-0.15, -0.1) is 0 Å². The molecule has 1 N–H and O–H groups in total. The Morgan fingerprint density at radius 1 is 1.41 bits per heavy atom. The third kappa shape index (κ3) is 2.98. The van der Waals surface area contributed by atoms with Crippen molar-refractivity contribution in [2.45, 2.75) is 12.6 Å². The summed E-state index contributed by atoms with van der Waals surface area (Å²) in [5.41, 5.74) is -1.07. The molecule has 22 heavy (non-hydrogen) atoms. The summed E-state index contributed by atoms with van der Waals surface area (Å²) >= 11 is 0. The molecule has 0 amide bonds. The Bertz CT molecular complexity index is 802. The fourth-order valence-corrected chi connectivity index (χ4v) is 4.23. The largest absolute Gasteiger partial charge is 0.433 e. The van der Waals surface area contributed by atoms with Crippen molar-refractivity contribution in [2.75, 3.05) is 23.4 Å². The van der Waals surface area contributed by atoms with E-state index < -0.39 is 21.7 Å². The van der Waals surface area contributed by atoms with Crippen LogP contribution in [0.15, 0.2) is 12.4 Å². The molecule has 2 aromatic rings. The maximum atomic E-state index is 12.8. The van der Waals surface area contributed by atoms with Crippen molar-refractivity contribution in [3.05, 3.63) is 18.1 Å². The van der Waals surface area contributed by atoms with Crippen molar-refractivity contribution < 1.29 is 21.6 Å². The molecule has 7 nitrogen and oxygen atoms in total. The molecule has 0 aromatic carbocycles. The van der Waals surface area contributed by atoms with Gasteiger partial charge in [-0.1, -0.05) is 0 Å². The molecule has 0 spiro atoms. The highest BCUT2D eigenvalue weighted by Crippen LogP contribution is 2.29. The molecular formula is C11H12F3N5O2S. The molecule has 120 valence electrons. The highest BCUT2D eigenvalue weighted by molar-refractivity contribution is 7.91. The second kappa shape index (κ2) is 5.07. The zero-order chi connectivity index (χ0) is 16.0. The monoisotopic (exact) mass is 335 g/mol. The Kier molecular flexibility index (Phi) is 3.46. The number of hydrogen-bond acceptors (Lipinski definition) is 6. The lowest BCUT2D eigenvalue weighted by atomic mass is 10.1. The van der Waals surface area contributed by atoms with Crippen LogP contribution >= 0.6 is 0 Å². The third-order valence-electron chi connectivity index (χ3n) is 3.44. The van der Waals surface area contributed by atoms with Gasteiger partial charge in [-0.2, -0.15) is 27.8 Å². The average Bonchev–Trinajstić information content (AvgIpc) is 3.00. The summed E-state index contributed by atoms with van der Waals surface area (Å²) in [4.78, 5) is 7.06. The molecule has 1 aliphatic rings. The molecule has 0 bridgehead atoms. The van der Waals surface area contributed by atoms with Gasteiger partial charge in [0, 0.05) is 12.6 Å². The van der Waals surface area contributed by atoms with Crippen LogP contribution in [0.5, 0.6) is 0 Å². The molecule has 3 heterocycles. The number of fused-ring (bicyclic) bond motifs is 1. The number of anilines is 1. The molecule has 0 radical (unpaired) electrons. The first-order valence-electron chi connectivity index (χ1n) is 6.47. The minimum absolute atomic E-state index is 0.0394. The lowest BCUT2D eigenvalue weighted by molar-refractivity contribution is -0.141. The SMILES string of the molecule is O=S1(=O)CCC(CNc2cc(C(F)(F)F)nc3ncnn23)C1. The third-order valence-corrected chi connectivity index (χ3v) is 5.28. The smallest absolute Gasteiger partial charge is 0.370 e. The van der Waals surface area contributed by atoms with E-state index in [0.29, 0.717) is 6.42 Å². The van der Waals surface area contributed by atoms with Gasteiger partial charge in [0.05, 0.1) is 11.5 Å². The second-order valence-corrected chi connectivity index (χ2v) is 7.37. The maximum absolute atomic E-state index is 12.8. The Morgan fingerprint density at radius 2 is 2.18 bits per heavy atom. The van der Waals surface area contributed by atoms with Gasteiger partial charge in [0.25, 0.3) is 5.78 Å². The Balaban J connectivity index is 1.85. The fraction of sp³-hybridized carbons (Fsp3) is 0.545. The van der Waals surface area contributed by atoms with Gasteiger partial charge in [0.15, 0.2) is 15.5 Å². The quantitative estimate of drug-likeness (QED) is 0.900. The summed E-state index contributed by atoms with van der Waals surface area (Å²) < 4.78 is 62.4. The molecule has 1 unspecified atom stereocenters. The van der Waals surface area contributed by atoms with E-state index in [-0.39, 0.29) is 35.6 Å². The van der Waals surface area contributed by atoms with Gasteiger partial charge < -0.3 is 5.32 Å². The molecule has 11 heteroatoms. The van der Waals surface area contributed by atoms with E-state index in [2.05, 4.69) is 20.4 Å². The van der Waals surface area contributed by atoms with Crippen molar-refractivity contribution in [1.29, 1.82) is 0 Å². The highest BCUT2D eigenvalue weighted by atomic mass is 32.2. The van der Waals surface area contributed by atoms with Gasteiger partial charge in [-0.25, -0.2) is 13.4 Å². The first-order valence-corrected chi connectivity index (χ1v) is 8.29. The number of sulfone groups is 1. The second-order valence-electron chi connectivity index (χ2n) is 5.15. The summed E-state index contributed by atoms with van der Waals surface area (Å²) in [6, 6.07) is 0.838. The Hall–Kier alpha value is -1.91. The number of halogens is 3. The fourth-order valence-electron chi connectivity index (χ4n) is 2.37. The van der Waals surface area contributed by atoms with E-state index in [9.17, 15) is 21.6 Å². The first kappa shape index (κ1) is 15.0. The minimum atomic E-state index is -4.60.